The molecule has 0 saturated carbocycles. The Labute approximate surface area is 236 Å². The molecular formula is C29H34BrN3O4S. The van der Waals surface area contributed by atoms with E-state index in [0.717, 1.165) is 24.0 Å². The minimum absolute atomic E-state index is 0.000723. The Morgan fingerprint density at radius 1 is 1.11 bits per heavy atom. The normalized spacial score (nSPS) is 30.2. The zero-order valence-corrected chi connectivity index (χ0v) is 23.8. The van der Waals surface area contributed by atoms with Gasteiger partial charge in [-0.15, -0.1) is 11.8 Å². The van der Waals surface area contributed by atoms with E-state index in [1.165, 1.54) is 0 Å². The van der Waals surface area contributed by atoms with Gasteiger partial charge in [0.15, 0.2) is 0 Å². The van der Waals surface area contributed by atoms with Crippen molar-refractivity contribution in [1.29, 1.82) is 0 Å². The van der Waals surface area contributed by atoms with Gasteiger partial charge >= 0.3 is 0 Å². The van der Waals surface area contributed by atoms with Crippen LogP contribution in [0.3, 0.4) is 0 Å². The lowest BCUT2D eigenvalue weighted by molar-refractivity contribution is -0.143. The van der Waals surface area contributed by atoms with Gasteiger partial charge in [-0.25, -0.2) is 0 Å². The smallest absolute Gasteiger partial charge is 0.244 e. The van der Waals surface area contributed by atoms with Crippen LogP contribution in [0.25, 0.3) is 0 Å². The molecule has 0 aliphatic carbocycles. The molecule has 3 N–H and O–H groups in total. The Balaban J connectivity index is 1.50. The largest absolute Gasteiger partial charge is 0.394 e. The average Bonchev–Trinajstić information content (AvgIpc) is 3.53. The van der Waals surface area contributed by atoms with Gasteiger partial charge in [0, 0.05) is 23.2 Å². The van der Waals surface area contributed by atoms with Crippen LogP contribution in [0.15, 0.2) is 60.7 Å². The molecule has 38 heavy (non-hydrogen) atoms. The summed E-state index contributed by atoms with van der Waals surface area (Å²) in [6.45, 7) is 2.65. The van der Waals surface area contributed by atoms with Crippen LogP contribution in [0.4, 0.5) is 0 Å². The second-order valence-electron chi connectivity index (χ2n) is 10.4. The van der Waals surface area contributed by atoms with Gasteiger partial charge in [-0.3, -0.25) is 14.4 Å². The number of hydrogen-bond donors (Lipinski definition) is 3. The first-order valence-electron chi connectivity index (χ1n) is 13.3. The molecule has 1 spiro atoms. The SMILES string of the molecule is CCCCNC(=O)C1N([C@H](CO)c2ccccc2)C(=O)[C@@H]2[C@H](C(=O)NCc3ccccc3)[C@H]3SC12CC3Br. The fourth-order valence-corrected chi connectivity index (χ4v) is 10.0. The molecule has 2 aromatic rings. The number of benzene rings is 2. The number of thioether (sulfide) groups is 1. The number of aliphatic hydroxyl groups excluding tert-OH is 1. The summed E-state index contributed by atoms with van der Waals surface area (Å²) in [5.41, 5.74) is 1.75. The van der Waals surface area contributed by atoms with Crippen molar-refractivity contribution in [2.24, 2.45) is 11.8 Å². The van der Waals surface area contributed by atoms with E-state index in [4.69, 9.17) is 0 Å². The van der Waals surface area contributed by atoms with Crippen LogP contribution in [0.5, 0.6) is 0 Å². The summed E-state index contributed by atoms with van der Waals surface area (Å²) in [5, 5.41) is 16.5. The van der Waals surface area contributed by atoms with E-state index in [0.29, 0.717) is 19.5 Å². The van der Waals surface area contributed by atoms with Crippen LogP contribution in [0.1, 0.15) is 43.4 Å². The van der Waals surface area contributed by atoms with Crippen molar-refractivity contribution >= 4 is 45.4 Å². The highest BCUT2D eigenvalue weighted by Gasteiger charge is 2.76. The van der Waals surface area contributed by atoms with Gasteiger partial charge in [-0.1, -0.05) is 89.9 Å². The lowest BCUT2D eigenvalue weighted by atomic mass is 9.70. The molecule has 5 rings (SSSR count). The molecule has 3 aliphatic rings. The molecule has 0 radical (unpaired) electrons. The predicted molar refractivity (Wildman–Crippen MR) is 152 cm³/mol. The van der Waals surface area contributed by atoms with Crippen LogP contribution >= 0.6 is 27.7 Å². The quantitative estimate of drug-likeness (QED) is 0.287. The molecule has 3 fully saturated rings. The summed E-state index contributed by atoms with van der Waals surface area (Å²) in [7, 11) is 0. The van der Waals surface area contributed by atoms with E-state index in [1.54, 1.807) is 16.7 Å². The molecule has 3 saturated heterocycles. The molecule has 202 valence electrons. The minimum Gasteiger partial charge on any atom is -0.394 e. The standard InChI is InChI=1S/C29H34BrN3O4S/c1-2-3-14-31-27(36)25-29-15-20(30)24(38-29)22(26(35)32-16-18-10-6-4-7-11-18)23(29)28(37)33(25)21(17-34)19-12-8-5-9-13-19/h4-13,20-25,34H,2-3,14-17H2,1H3,(H,31,36)(H,32,35)/t20?,21-,22+,23+,24+,25?,29?/m1/s1. The molecular weight excluding hydrogens is 566 g/mol. The third kappa shape index (κ3) is 4.67. The molecule has 3 heterocycles. The van der Waals surface area contributed by atoms with Crippen LogP contribution < -0.4 is 10.6 Å². The van der Waals surface area contributed by atoms with Crippen molar-refractivity contribution in [3.63, 3.8) is 0 Å². The van der Waals surface area contributed by atoms with Crippen molar-refractivity contribution in [3.8, 4) is 0 Å². The Bertz CT molecular complexity index is 1170. The summed E-state index contributed by atoms with van der Waals surface area (Å²) in [6, 6.07) is 17.6. The Morgan fingerprint density at radius 3 is 2.45 bits per heavy atom. The van der Waals surface area contributed by atoms with Crippen LogP contribution in [-0.2, 0) is 20.9 Å². The summed E-state index contributed by atoms with van der Waals surface area (Å²) in [6.07, 6.45) is 2.39. The van der Waals surface area contributed by atoms with Crippen LogP contribution in [0.2, 0.25) is 0 Å². The number of alkyl halides is 1. The summed E-state index contributed by atoms with van der Waals surface area (Å²) in [5.74, 6) is -1.80. The van der Waals surface area contributed by atoms with E-state index >= 15 is 0 Å². The number of carbonyl (C=O) groups is 3. The van der Waals surface area contributed by atoms with Gasteiger partial charge in [0.2, 0.25) is 17.7 Å². The number of unbranched alkanes of at least 4 members (excludes halogenated alkanes) is 1. The maximum Gasteiger partial charge on any atom is 0.244 e. The number of halogens is 1. The maximum atomic E-state index is 14.3. The molecule has 7 nitrogen and oxygen atoms in total. The monoisotopic (exact) mass is 599 g/mol. The highest BCUT2D eigenvalue weighted by molar-refractivity contribution is 9.09. The molecule has 3 unspecified atom stereocenters. The average molecular weight is 601 g/mol. The third-order valence-electron chi connectivity index (χ3n) is 8.11. The number of likely N-dealkylation sites (tertiary alicyclic amines) is 1. The number of aliphatic hydroxyl groups is 1. The van der Waals surface area contributed by atoms with Gasteiger partial charge in [0.1, 0.15) is 6.04 Å². The summed E-state index contributed by atoms with van der Waals surface area (Å²) in [4.78, 5) is 43.4. The van der Waals surface area contributed by atoms with E-state index in [9.17, 15) is 19.5 Å². The first kappa shape index (κ1) is 27.2. The van der Waals surface area contributed by atoms with Gasteiger partial charge in [-0.05, 0) is 24.0 Å². The van der Waals surface area contributed by atoms with Crippen molar-refractivity contribution in [2.45, 2.75) is 59.6 Å². The number of amides is 3. The van der Waals surface area contributed by atoms with Gasteiger partial charge in [-0.2, -0.15) is 0 Å². The Morgan fingerprint density at radius 2 is 1.79 bits per heavy atom. The number of carbonyl (C=O) groups excluding carboxylic acids is 3. The molecule has 3 amide bonds. The number of hydrogen-bond acceptors (Lipinski definition) is 5. The predicted octanol–water partition coefficient (Wildman–Crippen LogP) is 3.42. The second kappa shape index (κ2) is 11.4. The molecule has 7 atom stereocenters. The fourth-order valence-electron chi connectivity index (χ4n) is 6.42. The minimum atomic E-state index is -0.781. The van der Waals surface area contributed by atoms with Crippen molar-refractivity contribution in [1.82, 2.24) is 15.5 Å². The zero-order valence-electron chi connectivity index (χ0n) is 21.4. The van der Waals surface area contributed by atoms with Crippen LogP contribution in [-0.4, -0.2) is 61.7 Å². The number of nitrogens with zero attached hydrogens (tertiary/aromatic N) is 1. The lowest BCUT2D eigenvalue weighted by Gasteiger charge is -2.37. The zero-order chi connectivity index (χ0) is 26.9. The van der Waals surface area contributed by atoms with E-state index in [1.807, 2.05) is 60.7 Å². The lowest BCUT2D eigenvalue weighted by Crippen LogP contribution is -2.55. The molecule has 2 aromatic carbocycles. The molecule has 3 aliphatic heterocycles. The first-order chi connectivity index (χ1) is 18.4. The number of rotatable bonds is 10. The van der Waals surface area contributed by atoms with E-state index < -0.39 is 28.7 Å². The Kier molecular flexibility index (Phi) is 8.16. The van der Waals surface area contributed by atoms with Gasteiger partial charge < -0.3 is 20.6 Å². The number of fused-ring (bicyclic) bond motifs is 1. The third-order valence-corrected chi connectivity index (χ3v) is 11.3. The van der Waals surface area contributed by atoms with Gasteiger partial charge in [0.05, 0.1) is 29.2 Å². The number of nitrogens with one attached hydrogen (secondary N) is 2. The van der Waals surface area contributed by atoms with Crippen LogP contribution in [0, 0.1) is 11.8 Å². The molecule has 0 aromatic heterocycles. The van der Waals surface area contributed by atoms with Crippen molar-refractivity contribution in [2.75, 3.05) is 13.2 Å². The summed E-state index contributed by atoms with van der Waals surface area (Å²) >= 11 is 5.41. The molecule has 2 bridgehead atoms. The highest BCUT2D eigenvalue weighted by Crippen LogP contribution is 2.68. The van der Waals surface area contributed by atoms with Crippen molar-refractivity contribution in [3.05, 3.63) is 71.8 Å². The second-order valence-corrected chi connectivity index (χ2v) is 13.1. The Hall–Kier alpha value is -2.36. The van der Waals surface area contributed by atoms with E-state index in [2.05, 4.69) is 33.5 Å². The highest BCUT2D eigenvalue weighted by atomic mass is 79.9. The summed E-state index contributed by atoms with van der Waals surface area (Å²) < 4.78 is -0.747. The molecule has 9 heteroatoms. The van der Waals surface area contributed by atoms with E-state index in [-0.39, 0.29) is 34.4 Å². The first-order valence-corrected chi connectivity index (χ1v) is 15.1. The fraction of sp³-hybridized carbons (Fsp3) is 0.483. The maximum absolute atomic E-state index is 14.3. The topological polar surface area (TPSA) is 98.7 Å². The van der Waals surface area contributed by atoms with Crippen molar-refractivity contribution < 1.29 is 19.5 Å². The van der Waals surface area contributed by atoms with Gasteiger partial charge in [0.25, 0.3) is 0 Å².